The molecule has 84 valence electrons. The third-order valence-electron chi connectivity index (χ3n) is 1.94. The van der Waals surface area contributed by atoms with Crippen molar-refractivity contribution in [3.8, 4) is 0 Å². The molecule has 2 aromatic rings. The third kappa shape index (κ3) is 1.91. The van der Waals surface area contributed by atoms with Gasteiger partial charge in [0.25, 0.3) is 0 Å². The van der Waals surface area contributed by atoms with Crippen molar-refractivity contribution in [2.45, 2.75) is 9.79 Å². The highest BCUT2D eigenvalue weighted by atomic mass is 32.9. The third-order valence-corrected chi connectivity index (χ3v) is 7.06. The fourth-order valence-corrected chi connectivity index (χ4v) is 6.08. The van der Waals surface area contributed by atoms with Crippen LogP contribution in [0.25, 0.3) is 0 Å². The summed E-state index contributed by atoms with van der Waals surface area (Å²) in [5, 5.41) is 0.263. The van der Waals surface area contributed by atoms with Gasteiger partial charge in [0, 0.05) is 0 Å². The molecule has 0 saturated carbocycles. The van der Waals surface area contributed by atoms with Crippen LogP contribution in [0.3, 0.4) is 0 Å². The summed E-state index contributed by atoms with van der Waals surface area (Å²) in [5.74, 6) is 0. The lowest BCUT2D eigenvalue weighted by molar-refractivity contribution is 0.596. The van der Waals surface area contributed by atoms with Gasteiger partial charge in [0.15, 0.2) is 0 Å². The number of benzene rings is 1. The maximum Gasteiger partial charge on any atom is 0.211 e. The van der Waals surface area contributed by atoms with E-state index >= 15 is 0 Å². The predicted octanol–water partition coefficient (Wildman–Crippen LogP) is 2.95. The summed E-state index contributed by atoms with van der Waals surface area (Å²) < 4.78 is 24.7. The first-order valence-corrected chi connectivity index (χ1v) is 8.26. The Kier molecular flexibility index (Phi) is 3.11. The van der Waals surface area contributed by atoms with E-state index in [1.165, 1.54) is 32.8 Å². The number of anilines is 1. The molecule has 0 bridgehead atoms. The van der Waals surface area contributed by atoms with Gasteiger partial charge >= 0.3 is 0 Å². The van der Waals surface area contributed by atoms with Crippen LogP contribution in [0.4, 0.5) is 5.00 Å². The summed E-state index contributed by atoms with van der Waals surface area (Å²) in [5.41, 5.74) is 5.65. The van der Waals surface area contributed by atoms with Crippen LogP contribution >= 0.6 is 32.9 Å². The van der Waals surface area contributed by atoms with Gasteiger partial charge in [0.05, 0.1) is 4.90 Å². The van der Waals surface area contributed by atoms with Gasteiger partial charge in [-0.05, 0) is 12.1 Å². The van der Waals surface area contributed by atoms with Crippen molar-refractivity contribution in [2.24, 2.45) is 0 Å². The fraction of sp³-hybridized carbons (Fsp3) is 0. The molecule has 16 heavy (non-hydrogen) atoms. The Morgan fingerprint density at radius 3 is 2.25 bits per heavy atom. The number of hydrogen-bond acceptors (Lipinski definition) is 6. The van der Waals surface area contributed by atoms with Crippen molar-refractivity contribution < 1.29 is 8.42 Å². The zero-order chi connectivity index (χ0) is 11.8. The van der Waals surface area contributed by atoms with E-state index in [2.05, 4.69) is 0 Å². The molecule has 0 aliphatic rings. The Morgan fingerprint density at radius 2 is 1.75 bits per heavy atom. The molecule has 0 spiro atoms. The number of rotatable bonds is 2. The summed E-state index contributed by atoms with van der Waals surface area (Å²) in [6.07, 6.45) is 0. The van der Waals surface area contributed by atoms with Crippen LogP contribution in [0.2, 0.25) is 0 Å². The predicted molar refractivity (Wildman–Crippen MR) is 69.3 cm³/mol. The van der Waals surface area contributed by atoms with E-state index in [9.17, 15) is 8.42 Å². The fourth-order valence-electron chi connectivity index (χ4n) is 1.22. The van der Waals surface area contributed by atoms with Crippen LogP contribution in [-0.4, -0.2) is 8.42 Å². The highest BCUT2D eigenvalue weighted by Gasteiger charge is 2.23. The molecule has 2 N–H and O–H groups in total. The lowest BCUT2D eigenvalue weighted by Crippen LogP contribution is -2.03. The van der Waals surface area contributed by atoms with E-state index in [4.69, 9.17) is 18.0 Å². The molecular formula is C9H7NO2S4. The molecule has 7 heteroatoms. The van der Waals surface area contributed by atoms with Gasteiger partial charge in [0.2, 0.25) is 9.84 Å². The largest absolute Gasteiger partial charge is 0.389 e. The maximum atomic E-state index is 12.2. The molecule has 0 fully saturated rings. The van der Waals surface area contributed by atoms with Crippen LogP contribution < -0.4 is 5.73 Å². The number of nitrogen functional groups attached to an aromatic ring is 1. The smallest absolute Gasteiger partial charge is 0.211 e. The van der Waals surface area contributed by atoms with Crippen LogP contribution in [0.1, 0.15) is 0 Å². The molecule has 1 aromatic heterocycles. The zero-order valence-corrected chi connectivity index (χ0v) is 11.2. The molecule has 0 amide bonds. The molecule has 0 atom stereocenters. The first kappa shape index (κ1) is 11.7. The van der Waals surface area contributed by atoms with Gasteiger partial charge in [-0.2, -0.15) is 0 Å². The van der Waals surface area contributed by atoms with Gasteiger partial charge in [0.1, 0.15) is 13.7 Å². The average Bonchev–Trinajstić information content (AvgIpc) is 2.60. The lowest BCUT2D eigenvalue weighted by Gasteiger charge is -2.02. The molecule has 0 aliphatic heterocycles. The Labute approximate surface area is 105 Å². The van der Waals surface area contributed by atoms with E-state index in [1.54, 1.807) is 18.2 Å². The molecule has 0 radical (unpaired) electrons. The minimum atomic E-state index is -3.57. The Morgan fingerprint density at radius 1 is 1.12 bits per heavy atom. The highest BCUT2D eigenvalue weighted by Crippen LogP contribution is 2.34. The van der Waals surface area contributed by atoms with Gasteiger partial charge in [-0.25, -0.2) is 8.42 Å². The normalized spacial score (nSPS) is 11.5. The van der Waals surface area contributed by atoms with Crippen LogP contribution in [0.15, 0.2) is 40.1 Å². The average molecular weight is 289 g/mol. The van der Waals surface area contributed by atoms with Gasteiger partial charge < -0.3 is 5.73 Å². The second-order valence-corrected chi connectivity index (χ2v) is 7.70. The number of hydrogen-bond donors (Lipinski definition) is 1. The second-order valence-electron chi connectivity index (χ2n) is 2.96. The molecule has 0 unspecified atom stereocenters. The van der Waals surface area contributed by atoms with Crippen molar-refractivity contribution in [1.82, 2.24) is 0 Å². The second kappa shape index (κ2) is 4.25. The van der Waals surface area contributed by atoms with Crippen molar-refractivity contribution >= 4 is 47.7 Å². The Bertz CT molecular complexity index is 654. The Balaban J connectivity index is 2.71. The van der Waals surface area contributed by atoms with E-state index in [0.29, 0.717) is 3.82 Å². The maximum absolute atomic E-state index is 12.2. The minimum Gasteiger partial charge on any atom is -0.389 e. The number of nitrogens with two attached hydrogens (primary N) is 1. The minimum absolute atomic E-state index is 0.0729. The summed E-state index contributed by atoms with van der Waals surface area (Å²) in [7, 11) is -1.17. The lowest BCUT2D eigenvalue weighted by atomic mass is 10.4. The molecule has 0 aliphatic carbocycles. The van der Waals surface area contributed by atoms with E-state index in [-0.39, 0.29) is 14.8 Å². The summed E-state index contributed by atoms with van der Waals surface area (Å²) >= 11 is 4.99. The van der Waals surface area contributed by atoms with Crippen molar-refractivity contribution in [3.63, 3.8) is 0 Å². The first-order valence-electron chi connectivity index (χ1n) is 4.22. The first-order chi connectivity index (χ1) is 7.53. The number of sulfone groups is 1. The van der Waals surface area contributed by atoms with Crippen molar-refractivity contribution in [3.05, 3.63) is 34.2 Å². The summed E-state index contributed by atoms with van der Waals surface area (Å²) in [4.78, 5) is 0.294. The van der Waals surface area contributed by atoms with Crippen LogP contribution in [-0.2, 0) is 9.84 Å². The molecule has 1 heterocycles. The zero-order valence-electron chi connectivity index (χ0n) is 7.91. The molecule has 1 aromatic carbocycles. The van der Waals surface area contributed by atoms with E-state index < -0.39 is 9.84 Å². The Hall–Kier alpha value is -0.760. The molecule has 3 nitrogen and oxygen atoms in total. The summed E-state index contributed by atoms with van der Waals surface area (Å²) in [6.45, 7) is 0. The van der Waals surface area contributed by atoms with Gasteiger partial charge in [-0.1, -0.05) is 51.1 Å². The standard InChI is InChI=1S/C9H7NO2S4/c10-8-7(9(13)15-14-8)16(11,12)6-4-2-1-3-5-6/h1-5H,10H2. The molecular weight excluding hydrogens is 282 g/mol. The van der Waals surface area contributed by atoms with Gasteiger partial charge in [-0.15, -0.1) is 0 Å². The monoisotopic (exact) mass is 289 g/mol. The molecule has 0 saturated heterocycles. The van der Waals surface area contributed by atoms with Crippen LogP contribution in [0.5, 0.6) is 0 Å². The molecule has 2 rings (SSSR count). The van der Waals surface area contributed by atoms with E-state index in [0.717, 1.165) is 0 Å². The van der Waals surface area contributed by atoms with Crippen molar-refractivity contribution in [2.75, 3.05) is 5.73 Å². The van der Waals surface area contributed by atoms with Crippen molar-refractivity contribution in [1.29, 1.82) is 0 Å². The summed E-state index contributed by atoms with van der Waals surface area (Å²) in [6, 6.07) is 8.16. The highest BCUT2D eigenvalue weighted by molar-refractivity contribution is 7.93. The quantitative estimate of drug-likeness (QED) is 0.682. The van der Waals surface area contributed by atoms with Crippen LogP contribution in [0, 0.1) is 3.82 Å². The van der Waals surface area contributed by atoms with Gasteiger partial charge in [-0.3, -0.25) is 0 Å². The topological polar surface area (TPSA) is 60.2 Å². The SMILES string of the molecule is Nc1ssc(=S)c1S(=O)(=O)c1ccccc1. The van der Waals surface area contributed by atoms with E-state index in [1.807, 2.05) is 0 Å².